The molecule has 0 radical (unpaired) electrons. The Balaban J connectivity index is 1.56. The molecule has 3 aromatic rings. The van der Waals surface area contributed by atoms with Gasteiger partial charge >= 0.3 is 0 Å². The molecule has 1 aliphatic rings. The number of ether oxygens (including phenoxy) is 2. The van der Waals surface area contributed by atoms with E-state index in [9.17, 15) is 4.79 Å². The van der Waals surface area contributed by atoms with Gasteiger partial charge in [-0.15, -0.1) is 0 Å². The summed E-state index contributed by atoms with van der Waals surface area (Å²) in [6.45, 7) is 4.70. The zero-order chi connectivity index (χ0) is 24.9. The van der Waals surface area contributed by atoms with E-state index in [2.05, 4.69) is 10.3 Å². The van der Waals surface area contributed by atoms with Crippen molar-refractivity contribution in [3.8, 4) is 11.5 Å². The third-order valence-electron chi connectivity index (χ3n) is 4.94. The number of aliphatic imine (C=N–C) groups is 1. The van der Waals surface area contributed by atoms with E-state index in [0.29, 0.717) is 61.1 Å². The first-order valence-corrected chi connectivity index (χ1v) is 12.7. The van der Waals surface area contributed by atoms with E-state index in [1.165, 1.54) is 17.3 Å². The van der Waals surface area contributed by atoms with Crippen LogP contribution in [0, 0.1) is 6.92 Å². The Labute approximate surface area is 223 Å². The number of hydrogen-bond donors (Lipinski definition) is 1. The number of nitrogens with zero attached hydrogens (tertiary/aromatic N) is 1. The Hall–Kier alpha value is -2.64. The summed E-state index contributed by atoms with van der Waals surface area (Å²) in [6, 6.07) is 16.7. The summed E-state index contributed by atoms with van der Waals surface area (Å²) in [5.41, 5.74) is 3.36. The van der Waals surface area contributed by atoms with Gasteiger partial charge in [0.2, 0.25) is 0 Å². The van der Waals surface area contributed by atoms with Gasteiger partial charge in [-0.3, -0.25) is 4.79 Å². The van der Waals surface area contributed by atoms with E-state index in [1.807, 2.05) is 38.1 Å². The average molecular weight is 548 g/mol. The Bertz CT molecular complexity index is 1320. The van der Waals surface area contributed by atoms with Crippen molar-refractivity contribution in [3.05, 3.63) is 91.3 Å². The number of amides is 1. The Morgan fingerprint density at radius 2 is 1.80 bits per heavy atom. The van der Waals surface area contributed by atoms with Crippen molar-refractivity contribution in [2.24, 2.45) is 4.99 Å². The lowest BCUT2D eigenvalue weighted by Crippen LogP contribution is -2.19. The second-order valence-corrected chi connectivity index (χ2v) is 9.81. The zero-order valence-corrected chi connectivity index (χ0v) is 22.0. The molecule has 0 atom stereocenters. The molecule has 180 valence electrons. The molecule has 0 unspecified atom stereocenters. The van der Waals surface area contributed by atoms with Crippen LogP contribution in [0.15, 0.2) is 64.5 Å². The van der Waals surface area contributed by atoms with Crippen molar-refractivity contribution >= 4 is 69.4 Å². The lowest BCUT2D eigenvalue weighted by atomic mass is 10.1. The molecule has 9 heteroatoms. The molecule has 1 heterocycles. The molecular formula is C26H21Cl3N2O3S. The average Bonchev–Trinajstić information content (AvgIpc) is 3.16. The van der Waals surface area contributed by atoms with Gasteiger partial charge in [0.15, 0.2) is 16.7 Å². The van der Waals surface area contributed by atoms with Crippen LogP contribution in [-0.2, 0) is 11.4 Å². The second kappa shape index (κ2) is 11.4. The van der Waals surface area contributed by atoms with E-state index in [1.54, 1.807) is 36.4 Å². The molecular weight excluding hydrogens is 527 g/mol. The minimum Gasteiger partial charge on any atom is -0.490 e. The Kier molecular flexibility index (Phi) is 8.29. The highest BCUT2D eigenvalue weighted by Gasteiger charge is 2.25. The smallest absolute Gasteiger partial charge is 0.264 e. The van der Waals surface area contributed by atoms with Crippen LogP contribution < -0.4 is 14.8 Å². The van der Waals surface area contributed by atoms with E-state index >= 15 is 0 Å². The van der Waals surface area contributed by atoms with Crippen LogP contribution in [0.25, 0.3) is 6.08 Å². The molecule has 1 N–H and O–H groups in total. The fraction of sp³-hybridized carbons (Fsp3) is 0.154. The maximum atomic E-state index is 12.5. The van der Waals surface area contributed by atoms with Gasteiger partial charge < -0.3 is 14.8 Å². The van der Waals surface area contributed by atoms with Gasteiger partial charge in [0, 0.05) is 0 Å². The van der Waals surface area contributed by atoms with Gasteiger partial charge in [-0.05, 0) is 67.1 Å². The molecule has 3 aromatic carbocycles. The van der Waals surface area contributed by atoms with E-state index in [-0.39, 0.29) is 5.91 Å². The molecule has 0 saturated carbocycles. The van der Waals surface area contributed by atoms with Gasteiger partial charge in [0.25, 0.3) is 5.91 Å². The van der Waals surface area contributed by atoms with Crippen LogP contribution in [0.1, 0.15) is 23.6 Å². The minimum absolute atomic E-state index is 0.277. The van der Waals surface area contributed by atoms with Crippen molar-refractivity contribution < 1.29 is 14.3 Å². The number of amidine groups is 1. The molecule has 0 bridgehead atoms. The molecule has 0 spiro atoms. The van der Waals surface area contributed by atoms with Crippen molar-refractivity contribution in [1.82, 2.24) is 5.32 Å². The van der Waals surface area contributed by atoms with Crippen molar-refractivity contribution in [2.75, 3.05) is 6.61 Å². The number of thioether (sulfide) groups is 1. The van der Waals surface area contributed by atoms with E-state index in [4.69, 9.17) is 44.3 Å². The van der Waals surface area contributed by atoms with Gasteiger partial charge in [0.05, 0.1) is 32.3 Å². The summed E-state index contributed by atoms with van der Waals surface area (Å²) in [4.78, 5) is 17.4. The first-order chi connectivity index (χ1) is 16.8. The predicted molar refractivity (Wildman–Crippen MR) is 145 cm³/mol. The summed E-state index contributed by atoms with van der Waals surface area (Å²) >= 11 is 20.0. The number of carbonyl (C=O) groups is 1. The summed E-state index contributed by atoms with van der Waals surface area (Å²) in [6.07, 6.45) is 1.72. The number of benzene rings is 3. The molecule has 35 heavy (non-hydrogen) atoms. The number of hydrogen-bond acceptors (Lipinski definition) is 5. The monoisotopic (exact) mass is 546 g/mol. The fourth-order valence-electron chi connectivity index (χ4n) is 3.23. The highest BCUT2D eigenvalue weighted by molar-refractivity contribution is 8.18. The van der Waals surface area contributed by atoms with Crippen molar-refractivity contribution in [2.45, 2.75) is 20.5 Å². The largest absolute Gasteiger partial charge is 0.490 e. The number of carbonyl (C=O) groups excluding carboxylic acids is 1. The van der Waals surface area contributed by atoms with Crippen LogP contribution in [0.4, 0.5) is 5.69 Å². The molecule has 1 fully saturated rings. The first kappa shape index (κ1) is 25.5. The number of rotatable bonds is 7. The normalized spacial score (nSPS) is 15.5. The second-order valence-electron chi connectivity index (χ2n) is 7.59. The number of halogens is 3. The lowest BCUT2D eigenvalue weighted by Gasteiger charge is -2.15. The molecule has 0 aromatic heterocycles. The summed E-state index contributed by atoms with van der Waals surface area (Å²) < 4.78 is 11.8. The predicted octanol–water partition coefficient (Wildman–Crippen LogP) is 7.82. The van der Waals surface area contributed by atoms with Gasteiger partial charge in [-0.1, -0.05) is 70.7 Å². The van der Waals surface area contributed by atoms with Crippen LogP contribution in [0.5, 0.6) is 11.5 Å². The standard InChI is InChI=1S/C26H21Cl3N2O3S/c1-3-33-21-12-17(11-19(28)24(21)34-14-16-9-7-15(2)8-10-16)13-22-25(32)31-26(35-22)30-20-6-4-5-18(27)23(20)29/h4-13H,3,14H2,1-2H3,(H,30,31,32)/b22-13+. The van der Waals surface area contributed by atoms with Gasteiger partial charge in [-0.25, -0.2) is 4.99 Å². The van der Waals surface area contributed by atoms with Crippen LogP contribution in [0.3, 0.4) is 0 Å². The summed E-state index contributed by atoms with van der Waals surface area (Å²) in [5.74, 6) is 0.681. The minimum atomic E-state index is -0.277. The Morgan fingerprint density at radius 1 is 1.03 bits per heavy atom. The van der Waals surface area contributed by atoms with Gasteiger partial charge in [0.1, 0.15) is 6.61 Å². The highest BCUT2D eigenvalue weighted by atomic mass is 35.5. The molecule has 1 amide bonds. The van der Waals surface area contributed by atoms with Crippen LogP contribution >= 0.6 is 46.6 Å². The van der Waals surface area contributed by atoms with E-state index in [0.717, 1.165) is 5.56 Å². The number of aryl methyl sites for hydroxylation is 1. The SMILES string of the molecule is CCOc1cc(/C=C2/SC(=Nc3cccc(Cl)c3Cl)NC2=O)cc(Cl)c1OCc1ccc(C)cc1. The molecule has 4 rings (SSSR count). The highest BCUT2D eigenvalue weighted by Crippen LogP contribution is 2.39. The van der Waals surface area contributed by atoms with Crippen molar-refractivity contribution in [3.63, 3.8) is 0 Å². The molecule has 0 aliphatic carbocycles. The molecule has 1 aliphatic heterocycles. The van der Waals surface area contributed by atoms with Crippen molar-refractivity contribution in [1.29, 1.82) is 0 Å². The zero-order valence-electron chi connectivity index (χ0n) is 18.9. The lowest BCUT2D eigenvalue weighted by molar-refractivity contribution is -0.115. The maximum Gasteiger partial charge on any atom is 0.264 e. The van der Waals surface area contributed by atoms with Gasteiger partial charge in [-0.2, -0.15) is 0 Å². The van der Waals surface area contributed by atoms with E-state index < -0.39 is 0 Å². The molecule has 5 nitrogen and oxygen atoms in total. The third-order valence-corrected chi connectivity index (χ3v) is 6.94. The molecule has 1 saturated heterocycles. The van der Waals surface area contributed by atoms with Crippen LogP contribution in [0.2, 0.25) is 15.1 Å². The Morgan fingerprint density at radius 3 is 2.54 bits per heavy atom. The summed E-state index contributed by atoms with van der Waals surface area (Å²) in [7, 11) is 0. The maximum absolute atomic E-state index is 12.5. The fourth-order valence-corrected chi connectivity index (χ4v) is 4.68. The topological polar surface area (TPSA) is 59.9 Å². The number of nitrogens with one attached hydrogen (secondary N) is 1. The quantitative estimate of drug-likeness (QED) is 0.306. The first-order valence-electron chi connectivity index (χ1n) is 10.7. The summed E-state index contributed by atoms with van der Waals surface area (Å²) in [5, 5.41) is 4.24. The third kappa shape index (κ3) is 6.33. The van der Waals surface area contributed by atoms with Crippen LogP contribution in [-0.4, -0.2) is 17.7 Å².